The number of methoxy groups -OCH3 is 1. The summed E-state index contributed by atoms with van der Waals surface area (Å²) in [5, 5.41) is 6.37. The van der Waals surface area contributed by atoms with Crippen LogP contribution in [0.1, 0.15) is 31.2 Å². The number of hydrogen-bond donors (Lipinski definition) is 2. The Kier molecular flexibility index (Phi) is 10.1. The van der Waals surface area contributed by atoms with Gasteiger partial charge in [0, 0.05) is 58.8 Å². The van der Waals surface area contributed by atoms with Gasteiger partial charge in [0.2, 0.25) is 5.91 Å². The standard InChI is InChI=1S/C21H32FN5O2.HI/c1-23-21(24-9-3-4-20(28)25-17-6-7-17)27-12-10-26(11-13-27)15-16-5-8-19(29-2)18(22)14-16;/h5,8,14,17H,3-4,6-7,9-13,15H2,1-2H3,(H,23,24)(H,25,28);1H. The minimum atomic E-state index is -0.320. The number of piperazine rings is 1. The molecule has 1 heterocycles. The molecule has 1 aliphatic heterocycles. The molecule has 0 aromatic heterocycles. The van der Waals surface area contributed by atoms with E-state index in [1.165, 1.54) is 7.11 Å². The van der Waals surface area contributed by atoms with E-state index in [2.05, 4.69) is 25.4 Å². The van der Waals surface area contributed by atoms with Crippen molar-refractivity contribution in [1.82, 2.24) is 20.4 Å². The first kappa shape index (κ1) is 24.6. The molecule has 2 fully saturated rings. The Bertz CT molecular complexity index is 721. The third-order valence-electron chi connectivity index (χ3n) is 5.31. The average molecular weight is 533 g/mol. The van der Waals surface area contributed by atoms with E-state index in [0.29, 0.717) is 12.5 Å². The molecule has 1 aromatic carbocycles. The number of carbonyl (C=O) groups is 1. The second kappa shape index (κ2) is 12.3. The Morgan fingerprint density at radius 2 is 2.00 bits per heavy atom. The van der Waals surface area contributed by atoms with Gasteiger partial charge >= 0.3 is 0 Å². The molecule has 0 spiro atoms. The topological polar surface area (TPSA) is 69.2 Å². The van der Waals surface area contributed by atoms with Crippen LogP contribution in [0.4, 0.5) is 4.39 Å². The molecule has 2 N–H and O–H groups in total. The number of hydrogen-bond acceptors (Lipinski definition) is 4. The van der Waals surface area contributed by atoms with Crippen LogP contribution in [0.2, 0.25) is 0 Å². The van der Waals surface area contributed by atoms with Crippen LogP contribution in [0, 0.1) is 5.82 Å². The van der Waals surface area contributed by atoms with E-state index in [9.17, 15) is 9.18 Å². The quantitative estimate of drug-likeness (QED) is 0.232. The molecule has 1 saturated heterocycles. The van der Waals surface area contributed by atoms with Crippen LogP contribution in [0.15, 0.2) is 23.2 Å². The molecule has 0 atom stereocenters. The summed E-state index contributed by atoms with van der Waals surface area (Å²) in [6.07, 6.45) is 3.58. The van der Waals surface area contributed by atoms with E-state index in [4.69, 9.17) is 4.74 Å². The van der Waals surface area contributed by atoms with E-state index < -0.39 is 0 Å². The number of aliphatic imine (C=N–C) groups is 1. The number of nitrogens with one attached hydrogen (secondary N) is 2. The van der Waals surface area contributed by atoms with Crippen molar-refractivity contribution >= 4 is 35.8 Å². The molecule has 3 rings (SSSR count). The summed E-state index contributed by atoms with van der Waals surface area (Å²) in [4.78, 5) is 20.7. The highest BCUT2D eigenvalue weighted by Crippen LogP contribution is 2.19. The van der Waals surface area contributed by atoms with Gasteiger partial charge in [0.1, 0.15) is 0 Å². The van der Waals surface area contributed by atoms with Crippen LogP contribution < -0.4 is 15.4 Å². The maximum atomic E-state index is 13.9. The van der Waals surface area contributed by atoms with Crippen molar-refractivity contribution in [2.45, 2.75) is 38.3 Å². The van der Waals surface area contributed by atoms with E-state index in [1.54, 1.807) is 19.2 Å². The first-order chi connectivity index (χ1) is 14.1. The zero-order valence-electron chi connectivity index (χ0n) is 17.8. The summed E-state index contributed by atoms with van der Waals surface area (Å²) < 4.78 is 18.9. The molecular formula is C21H33FIN5O2. The van der Waals surface area contributed by atoms with Crippen LogP contribution >= 0.6 is 24.0 Å². The van der Waals surface area contributed by atoms with Crippen LogP contribution in [-0.2, 0) is 11.3 Å². The van der Waals surface area contributed by atoms with Crippen molar-refractivity contribution in [3.8, 4) is 5.75 Å². The van der Waals surface area contributed by atoms with Crippen LogP contribution in [0.3, 0.4) is 0 Å². The largest absolute Gasteiger partial charge is 0.494 e. The molecule has 1 amide bonds. The van der Waals surface area contributed by atoms with Crippen molar-refractivity contribution in [3.63, 3.8) is 0 Å². The number of benzene rings is 1. The molecule has 9 heteroatoms. The Morgan fingerprint density at radius 1 is 1.27 bits per heavy atom. The van der Waals surface area contributed by atoms with Gasteiger partial charge in [-0.25, -0.2) is 4.39 Å². The molecule has 30 heavy (non-hydrogen) atoms. The molecule has 0 bridgehead atoms. The number of guanidine groups is 1. The minimum Gasteiger partial charge on any atom is -0.494 e. The third-order valence-corrected chi connectivity index (χ3v) is 5.31. The Labute approximate surface area is 195 Å². The summed E-state index contributed by atoms with van der Waals surface area (Å²) in [7, 11) is 3.26. The summed E-state index contributed by atoms with van der Waals surface area (Å²) in [5.74, 6) is 0.980. The summed E-state index contributed by atoms with van der Waals surface area (Å²) in [6.45, 7) is 4.95. The van der Waals surface area contributed by atoms with Crippen molar-refractivity contribution < 1.29 is 13.9 Å². The number of nitrogens with zero attached hydrogens (tertiary/aromatic N) is 3. The molecular weight excluding hydrogens is 500 g/mol. The summed E-state index contributed by atoms with van der Waals surface area (Å²) in [6, 6.07) is 5.56. The van der Waals surface area contributed by atoms with Crippen LogP contribution in [-0.4, -0.2) is 74.6 Å². The second-order valence-electron chi connectivity index (χ2n) is 7.65. The van der Waals surface area contributed by atoms with Crippen LogP contribution in [0.5, 0.6) is 5.75 Å². The molecule has 1 aromatic rings. The highest BCUT2D eigenvalue weighted by molar-refractivity contribution is 14.0. The first-order valence-corrected chi connectivity index (χ1v) is 10.4. The van der Waals surface area contributed by atoms with E-state index in [0.717, 1.165) is 70.1 Å². The fourth-order valence-corrected chi connectivity index (χ4v) is 3.49. The van der Waals surface area contributed by atoms with Gasteiger partial charge in [-0.05, 0) is 37.0 Å². The number of amides is 1. The number of ether oxygens (including phenoxy) is 1. The predicted octanol–water partition coefficient (Wildman–Crippen LogP) is 2.20. The van der Waals surface area contributed by atoms with Gasteiger partial charge < -0.3 is 20.3 Å². The van der Waals surface area contributed by atoms with Gasteiger partial charge in [-0.15, -0.1) is 24.0 Å². The number of rotatable bonds is 8. The third kappa shape index (κ3) is 7.57. The number of carbonyl (C=O) groups excluding carboxylic acids is 1. The Hall–Kier alpha value is -1.62. The van der Waals surface area contributed by atoms with Crippen molar-refractivity contribution in [1.29, 1.82) is 0 Å². The molecule has 1 saturated carbocycles. The second-order valence-corrected chi connectivity index (χ2v) is 7.65. The van der Waals surface area contributed by atoms with Gasteiger partial charge in [0.05, 0.1) is 7.11 Å². The van der Waals surface area contributed by atoms with E-state index in [-0.39, 0.29) is 41.5 Å². The highest BCUT2D eigenvalue weighted by Gasteiger charge is 2.23. The minimum absolute atomic E-state index is 0. The Morgan fingerprint density at radius 3 is 2.60 bits per heavy atom. The molecule has 0 radical (unpaired) electrons. The molecule has 1 aliphatic carbocycles. The predicted molar refractivity (Wildman–Crippen MR) is 127 cm³/mol. The smallest absolute Gasteiger partial charge is 0.220 e. The van der Waals surface area contributed by atoms with E-state index >= 15 is 0 Å². The summed E-state index contributed by atoms with van der Waals surface area (Å²) in [5.41, 5.74) is 0.948. The fourth-order valence-electron chi connectivity index (χ4n) is 3.49. The Balaban J connectivity index is 0.00000320. The fraction of sp³-hybridized carbons (Fsp3) is 0.619. The lowest BCUT2D eigenvalue weighted by Crippen LogP contribution is -2.52. The van der Waals surface area contributed by atoms with Gasteiger partial charge in [-0.3, -0.25) is 14.7 Å². The van der Waals surface area contributed by atoms with Gasteiger partial charge in [0.15, 0.2) is 17.5 Å². The SMILES string of the molecule is CN=C(NCCCC(=O)NC1CC1)N1CCN(Cc2ccc(OC)c(F)c2)CC1.I. The van der Waals surface area contributed by atoms with E-state index in [1.807, 2.05) is 6.07 Å². The lowest BCUT2D eigenvalue weighted by atomic mass is 10.2. The molecule has 0 unspecified atom stereocenters. The zero-order valence-corrected chi connectivity index (χ0v) is 20.2. The maximum Gasteiger partial charge on any atom is 0.220 e. The number of halogens is 2. The van der Waals surface area contributed by atoms with Crippen molar-refractivity contribution in [3.05, 3.63) is 29.6 Å². The van der Waals surface area contributed by atoms with Crippen molar-refractivity contribution in [2.24, 2.45) is 4.99 Å². The van der Waals surface area contributed by atoms with Crippen LogP contribution in [0.25, 0.3) is 0 Å². The van der Waals surface area contributed by atoms with Crippen molar-refractivity contribution in [2.75, 3.05) is 46.9 Å². The van der Waals surface area contributed by atoms with Gasteiger partial charge in [-0.2, -0.15) is 0 Å². The van der Waals surface area contributed by atoms with Gasteiger partial charge in [0.25, 0.3) is 0 Å². The zero-order chi connectivity index (χ0) is 20.6. The summed E-state index contributed by atoms with van der Waals surface area (Å²) >= 11 is 0. The molecule has 2 aliphatic rings. The lowest BCUT2D eigenvalue weighted by Gasteiger charge is -2.36. The average Bonchev–Trinajstić information content (AvgIpc) is 3.53. The molecule has 7 nitrogen and oxygen atoms in total. The lowest BCUT2D eigenvalue weighted by molar-refractivity contribution is -0.121. The first-order valence-electron chi connectivity index (χ1n) is 10.4. The highest BCUT2D eigenvalue weighted by atomic mass is 127. The maximum absolute atomic E-state index is 13.9. The van der Waals surface area contributed by atoms with Gasteiger partial charge in [-0.1, -0.05) is 6.07 Å². The normalized spacial score (nSPS) is 17.3. The monoisotopic (exact) mass is 533 g/mol. The molecule has 168 valence electrons.